The number of nitrogens with zero attached hydrogens (tertiary/aromatic N) is 1. The molecule has 0 saturated carbocycles. The molecule has 1 fully saturated rings. The molecule has 0 aromatic heterocycles. The smallest absolute Gasteiger partial charge is 0.254 e. The number of rotatable bonds is 6. The summed E-state index contributed by atoms with van der Waals surface area (Å²) in [4.78, 5) is 38.3. The topological polar surface area (TPSA) is 98.7 Å². The summed E-state index contributed by atoms with van der Waals surface area (Å²) in [7, 11) is 1.52. The second-order valence-corrected chi connectivity index (χ2v) is 8.74. The van der Waals surface area contributed by atoms with Crippen molar-refractivity contribution in [2.45, 2.75) is 50.1 Å². The summed E-state index contributed by atoms with van der Waals surface area (Å²) < 4.78 is -0.474. The lowest BCUT2D eigenvalue weighted by Gasteiger charge is -2.33. The van der Waals surface area contributed by atoms with Gasteiger partial charge in [0.05, 0.1) is 11.9 Å². The number of aliphatic hydroxyl groups excluding tert-OH is 1. The second kappa shape index (κ2) is 8.75. The van der Waals surface area contributed by atoms with Gasteiger partial charge in [0.15, 0.2) is 6.10 Å². The van der Waals surface area contributed by atoms with E-state index < -0.39 is 28.8 Å². The highest BCUT2D eigenvalue weighted by molar-refractivity contribution is 8.00. The Labute approximate surface area is 163 Å². The first-order valence-electron chi connectivity index (χ1n) is 8.82. The van der Waals surface area contributed by atoms with Crippen molar-refractivity contribution in [1.82, 2.24) is 15.5 Å². The van der Waals surface area contributed by atoms with E-state index in [1.165, 1.54) is 30.6 Å². The first-order valence-corrected chi connectivity index (χ1v) is 9.81. The SMILES string of the molecule is CNC(=O)C1N(C(=O)C(O)C(Cc2ccccc2)NC(C)=O)CSC1(C)C. The lowest BCUT2D eigenvalue weighted by molar-refractivity contribution is -0.147. The predicted molar refractivity (Wildman–Crippen MR) is 105 cm³/mol. The normalized spacial score (nSPS) is 20.6. The van der Waals surface area contributed by atoms with Crippen LogP contribution in [0, 0.1) is 0 Å². The Kier molecular flexibility index (Phi) is 6.89. The van der Waals surface area contributed by atoms with Crippen LogP contribution in [-0.2, 0) is 20.8 Å². The van der Waals surface area contributed by atoms with E-state index in [1.54, 1.807) is 0 Å². The molecule has 148 valence electrons. The van der Waals surface area contributed by atoms with Crippen LogP contribution in [-0.4, -0.2) is 63.6 Å². The summed E-state index contributed by atoms with van der Waals surface area (Å²) in [5.41, 5.74) is 0.891. The molecular formula is C19H27N3O4S. The standard InChI is InChI=1S/C19H27N3O4S/c1-12(23)21-14(10-13-8-6-5-7-9-13)15(24)18(26)22-11-27-19(2,3)16(22)17(25)20-4/h5-9,14-16,24H,10-11H2,1-4H3,(H,20,25)(H,21,23). The van der Waals surface area contributed by atoms with E-state index >= 15 is 0 Å². The number of hydrogen-bond donors (Lipinski definition) is 3. The van der Waals surface area contributed by atoms with Crippen LogP contribution in [0.2, 0.25) is 0 Å². The number of benzene rings is 1. The quantitative estimate of drug-likeness (QED) is 0.655. The van der Waals surface area contributed by atoms with Gasteiger partial charge in [-0.05, 0) is 25.8 Å². The molecule has 3 amide bonds. The predicted octanol–water partition coefficient (Wildman–Crippen LogP) is 0.521. The highest BCUT2D eigenvalue weighted by Gasteiger charge is 2.49. The van der Waals surface area contributed by atoms with Crippen LogP contribution in [0.15, 0.2) is 30.3 Å². The van der Waals surface area contributed by atoms with Crippen LogP contribution in [0.3, 0.4) is 0 Å². The van der Waals surface area contributed by atoms with Crippen molar-refractivity contribution < 1.29 is 19.5 Å². The molecule has 7 nitrogen and oxygen atoms in total. The van der Waals surface area contributed by atoms with E-state index in [1.807, 2.05) is 44.2 Å². The molecule has 0 bridgehead atoms. The maximum Gasteiger partial charge on any atom is 0.254 e. The van der Waals surface area contributed by atoms with Gasteiger partial charge < -0.3 is 20.6 Å². The molecule has 3 N–H and O–H groups in total. The molecule has 0 spiro atoms. The molecule has 0 aliphatic carbocycles. The third kappa shape index (κ3) is 5.01. The van der Waals surface area contributed by atoms with Crippen molar-refractivity contribution in [1.29, 1.82) is 0 Å². The monoisotopic (exact) mass is 393 g/mol. The average Bonchev–Trinajstić information content (AvgIpc) is 2.95. The van der Waals surface area contributed by atoms with Gasteiger partial charge in [-0.1, -0.05) is 30.3 Å². The fourth-order valence-electron chi connectivity index (χ4n) is 3.26. The zero-order valence-corrected chi connectivity index (χ0v) is 16.9. The summed E-state index contributed by atoms with van der Waals surface area (Å²) in [6, 6.07) is 7.85. The van der Waals surface area contributed by atoms with Gasteiger partial charge in [-0.2, -0.15) is 0 Å². The van der Waals surface area contributed by atoms with E-state index in [2.05, 4.69) is 10.6 Å². The van der Waals surface area contributed by atoms with Crippen LogP contribution >= 0.6 is 11.8 Å². The number of nitrogens with one attached hydrogen (secondary N) is 2. The Morgan fingerprint density at radius 3 is 2.48 bits per heavy atom. The van der Waals surface area contributed by atoms with Crippen molar-refractivity contribution in [2.24, 2.45) is 0 Å². The van der Waals surface area contributed by atoms with E-state index in [0.717, 1.165) is 5.56 Å². The van der Waals surface area contributed by atoms with Gasteiger partial charge in [-0.15, -0.1) is 11.8 Å². The molecule has 27 heavy (non-hydrogen) atoms. The first kappa shape index (κ1) is 21.2. The van der Waals surface area contributed by atoms with E-state index in [-0.39, 0.29) is 11.8 Å². The minimum atomic E-state index is -1.45. The molecule has 8 heteroatoms. The summed E-state index contributed by atoms with van der Waals surface area (Å²) in [6.07, 6.45) is -1.14. The van der Waals surface area contributed by atoms with E-state index in [0.29, 0.717) is 12.3 Å². The minimum absolute atomic E-state index is 0.273. The molecule has 0 radical (unpaired) electrons. The number of amides is 3. The number of aliphatic hydroxyl groups is 1. The summed E-state index contributed by atoms with van der Waals surface area (Å²) in [6.45, 7) is 5.14. The second-order valence-electron chi connectivity index (χ2n) is 7.14. The Morgan fingerprint density at radius 1 is 1.30 bits per heavy atom. The maximum absolute atomic E-state index is 13.0. The third-order valence-electron chi connectivity index (χ3n) is 4.64. The summed E-state index contributed by atoms with van der Waals surface area (Å²) in [5, 5.41) is 16.0. The van der Waals surface area contributed by atoms with Gasteiger partial charge in [-0.25, -0.2) is 0 Å². The van der Waals surface area contributed by atoms with E-state index in [4.69, 9.17) is 0 Å². The highest BCUT2D eigenvalue weighted by Crippen LogP contribution is 2.39. The Balaban J connectivity index is 2.22. The van der Waals surface area contributed by atoms with Crippen molar-refractivity contribution in [3.63, 3.8) is 0 Å². The molecule has 3 atom stereocenters. The van der Waals surface area contributed by atoms with Crippen molar-refractivity contribution >= 4 is 29.5 Å². The van der Waals surface area contributed by atoms with Gasteiger partial charge >= 0.3 is 0 Å². The van der Waals surface area contributed by atoms with Crippen LogP contribution in [0.25, 0.3) is 0 Å². The van der Waals surface area contributed by atoms with Gasteiger partial charge in [0.1, 0.15) is 6.04 Å². The number of likely N-dealkylation sites (N-methyl/N-ethyl adjacent to an activating group) is 1. The zero-order chi connectivity index (χ0) is 20.2. The highest BCUT2D eigenvalue weighted by atomic mass is 32.2. The molecule has 3 unspecified atom stereocenters. The van der Waals surface area contributed by atoms with Crippen molar-refractivity contribution in [2.75, 3.05) is 12.9 Å². The number of carbonyl (C=O) groups is 3. The molecular weight excluding hydrogens is 366 g/mol. The zero-order valence-electron chi connectivity index (χ0n) is 16.1. The fraction of sp³-hybridized carbons (Fsp3) is 0.526. The summed E-state index contributed by atoms with van der Waals surface area (Å²) >= 11 is 1.48. The van der Waals surface area contributed by atoms with Crippen LogP contribution < -0.4 is 10.6 Å². The van der Waals surface area contributed by atoms with Crippen molar-refractivity contribution in [3.05, 3.63) is 35.9 Å². The largest absolute Gasteiger partial charge is 0.381 e. The van der Waals surface area contributed by atoms with Crippen molar-refractivity contribution in [3.8, 4) is 0 Å². The Bertz CT molecular complexity index is 695. The van der Waals surface area contributed by atoms with Crippen LogP contribution in [0.5, 0.6) is 0 Å². The minimum Gasteiger partial charge on any atom is -0.381 e. The van der Waals surface area contributed by atoms with Crippen LogP contribution in [0.1, 0.15) is 26.3 Å². The Morgan fingerprint density at radius 2 is 1.93 bits per heavy atom. The molecule has 1 aromatic carbocycles. The molecule has 1 heterocycles. The van der Waals surface area contributed by atoms with Gasteiger partial charge in [0, 0.05) is 18.7 Å². The Hall–Kier alpha value is -2.06. The molecule has 1 aliphatic heterocycles. The van der Waals surface area contributed by atoms with Gasteiger partial charge in [-0.3, -0.25) is 14.4 Å². The molecule has 1 aliphatic rings. The lowest BCUT2D eigenvalue weighted by atomic mass is 9.97. The number of hydrogen-bond acceptors (Lipinski definition) is 5. The van der Waals surface area contributed by atoms with Crippen LogP contribution in [0.4, 0.5) is 0 Å². The maximum atomic E-state index is 13.0. The molecule has 1 aromatic rings. The molecule has 2 rings (SSSR count). The lowest BCUT2D eigenvalue weighted by Crippen LogP contribution is -2.58. The average molecular weight is 394 g/mol. The number of carbonyl (C=O) groups excluding carboxylic acids is 3. The number of thioether (sulfide) groups is 1. The summed E-state index contributed by atoms with van der Waals surface area (Å²) in [5.74, 6) is -0.859. The first-order chi connectivity index (χ1) is 12.7. The van der Waals surface area contributed by atoms with Gasteiger partial charge in [0.25, 0.3) is 5.91 Å². The third-order valence-corrected chi connectivity index (χ3v) is 6.02. The van der Waals surface area contributed by atoms with E-state index in [9.17, 15) is 19.5 Å². The van der Waals surface area contributed by atoms with Gasteiger partial charge in [0.2, 0.25) is 11.8 Å². The fourth-order valence-corrected chi connectivity index (χ4v) is 4.40. The molecule has 1 saturated heterocycles.